The average Bonchev–Trinajstić information content (AvgIpc) is 2.78. The minimum absolute atomic E-state index is 0.233. The molecule has 0 spiro atoms. The topological polar surface area (TPSA) is 84.9 Å². The average molecular weight is 455 g/mol. The maximum absolute atomic E-state index is 12.5. The molecule has 1 N–H and O–H groups in total. The molecule has 3 aromatic carbocycles. The van der Waals surface area contributed by atoms with Crippen molar-refractivity contribution in [3.63, 3.8) is 0 Å². The summed E-state index contributed by atoms with van der Waals surface area (Å²) in [5.41, 5.74) is 1.19. The van der Waals surface area contributed by atoms with Gasteiger partial charge >= 0.3 is 0 Å². The molecule has 7 nitrogen and oxygen atoms in total. The van der Waals surface area contributed by atoms with Gasteiger partial charge in [0.15, 0.2) is 0 Å². The van der Waals surface area contributed by atoms with Crippen LogP contribution in [-0.2, 0) is 21.4 Å². The molecule has 0 atom stereocenters. The second kappa shape index (κ2) is 10.7. The van der Waals surface area contributed by atoms with Crippen LogP contribution in [0.5, 0.6) is 17.2 Å². The summed E-state index contributed by atoms with van der Waals surface area (Å²) in [6, 6.07) is 23.2. The zero-order valence-corrected chi connectivity index (χ0v) is 18.8. The molecule has 0 aliphatic carbocycles. The molecule has 0 unspecified atom stereocenters. The molecule has 0 radical (unpaired) electrons. The third-order valence-corrected chi connectivity index (χ3v) is 5.68. The Morgan fingerprint density at radius 1 is 0.906 bits per heavy atom. The van der Waals surface area contributed by atoms with Crippen molar-refractivity contribution in [1.82, 2.24) is 5.32 Å². The van der Waals surface area contributed by atoms with Crippen LogP contribution >= 0.6 is 0 Å². The van der Waals surface area contributed by atoms with Crippen molar-refractivity contribution in [3.8, 4) is 17.2 Å². The van der Waals surface area contributed by atoms with Crippen LogP contribution in [0.25, 0.3) is 0 Å². The Kier molecular flexibility index (Phi) is 7.72. The number of carbonyl (C=O) groups excluding carboxylic acids is 1. The number of anilines is 1. The van der Waals surface area contributed by atoms with E-state index in [1.165, 1.54) is 0 Å². The predicted molar refractivity (Wildman–Crippen MR) is 125 cm³/mol. The Morgan fingerprint density at radius 2 is 1.53 bits per heavy atom. The van der Waals surface area contributed by atoms with Gasteiger partial charge in [-0.15, -0.1) is 0 Å². The highest BCUT2D eigenvalue weighted by molar-refractivity contribution is 7.92. The van der Waals surface area contributed by atoms with Crippen LogP contribution in [0.1, 0.15) is 12.5 Å². The van der Waals surface area contributed by atoms with Gasteiger partial charge in [-0.1, -0.05) is 36.4 Å². The number of nitrogens with zero attached hydrogens (tertiary/aromatic N) is 1. The molecule has 168 valence electrons. The number of sulfonamides is 1. The first-order valence-corrected chi connectivity index (χ1v) is 12.0. The van der Waals surface area contributed by atoms with E-state index >= 15 is 0 Å². The summed E-state index contributed by atoms with van der Waals surface area (Å²) in [6.07, 6.45) is 1.07. The number of ether oxygens (including phenoxy) is 2. The highest BCUT2D eigenvalue weighted by atomic mass is 32.2. The lowest BCUT2D eigenvalue weighted by Crippen LogP contribution is -2.40. The van der Waals surface area contributed by atoms with Crippen molar-refractivity contribution in [1.29, 1.82) is 0 Å². The predicted octanol–water partition coefficient (Wildman–Crippen LogP) is 3.96. The molecule has 0 fully saturated rings. The van der Waals surface area contributed by atoms with Gasteiger partial charge in [-0.3, -0.25) is 9.10 Å². The first-order valence-electron chi connectivity index (χ1n) is 10.1. The van der Waals surface area contributed by atoms with Crippen molar-refractivity contribution in [2.75, 3.05) is 23.7 Å². The SMILES string of the molecule is CCOc1ccccc1CNC(=O)CN(c1ccc(Oc2ccccc2)cc1)S(C)(=O)=O. The van der Waals surface area contributed by atoms with E-state index in [4.69, 9.17) is 9.47 Å². The molecule has 0 aliphatic rings. The van der Waals surface area contributed by atoms with Crippen molar-refractivity contribution < 1.29 is 22.7 Å². The van der Waals surface area contributed by atoms with E-state index in [1.54, 1.807) is 24.3 Å². The minimum Gasteiger partial charge on any atom is -0.494 e. The monoisotopic (exact) mass is 454 g/mol. The quantitative estimate of drug-likeness (QED) is 0.501. The normalized spacial score (nSPS) is 10.9. The zero-order valence-electron chi connectivity index (χ0n) is 18.0. The van der Waals surface area contributed by atoms with Crippen molar-refractivity contribution >= 4 is 21.6 Å². The second-order valence-corrected chi connectivity index (χ2v) is 8.90. The largest absolute Gasteiger partial charge is 0.494 e. The first-order chi connectivity index (χ1) is 15.4. The summed E-state index contributed by atoms with van der Waals surface area (Å²) in [4.78, 5) is 12.5. The molecule has 0 aliphatic heterocycles. The van der Waals surface area contributed by atoms with Crippen LogP contribution in [0.15, 0.2) is 78.9 Å². The van der Waals surface area contributed by atoms with E-state index in [0.717, 1.165) is 16.1 Å². The van der Waals surface area contributed by atoms with Crippen LogP contribution in [0.4, 0.5) is 5.69 Å². The van der Waals surface area contributed by atoms with Gasteiger partial charge in [0.25, 0.3) is 0 Å². The van der Waals surface area contributed by atoms with Gasteiger partial charge in [0.2, 0.25) is 15.9 Å². The van der Waals surface area contributed by atoms with Crippen LogP contribution < -0.4 is 19.1 Å². The Bertz CT molecular complexity index is 1130. The number of hydrogen-bond acceptors (Lipinski definition) is 5. The summed E-state index contributed by atoms with van der Waals surface area (Å²) >= 11 is 0. The highest BCUT2D eigenvalue weighted by Gasteiger charge is 2.21. The maximum Gasteiger partial charge on any atom is 0.241 e. The number of benzene rings is 3. The number of rotatable bonds is 10. The van der Waals surface area contributed by atoms with Gasteiger partial charge in [-0.2, -0.15) is 0 Å². The zero-order chi connectivity index (χ0) is 23.0. The Balaban J connectivity index is 1.67. The molecule has 1 amide bonds. The summed E-state index contributed by atoms with van der Waals surface area (Å²) in [5, 5.41) is 2.76. The summed E-state index contributed by atoms with van der Waals surface area (Å²) in [7, 11) is -3.68. The number of nitrogens with one attached hydrogen (secondary N) is 1. The van der Waals surface area contributed by atoms with Crippen molar-refractivity contribution in [3.05, 3.63) is 84.4 Å². The van der Waals surface area contributed by atoms with Crippen LogP contribution in [0.2, 0.25) is 0 Å². The lowest BCUT2D eigenvalue weighted by atomic mass is 10.2. The van der Waals surface area contributed by atoms with E-state index in [0.29, 0.717) is 29.5 Å². The number of carbonyl (C=O) groups is 1. The fourth-order valence-electron chi connectivity index (χ4n) is 3.03. The Morgan fingerprint density at radius 3 is 2.19 bits per heavy atom. The van der Waals surface area contributed by atoms with Crippen molar-refractivity contribution in [2.45, 2.75) is 13.5 Å². The number of hydrogen-bond donors (Lipinski definition) is 1. The standard InChI is InChI=1S/C24H26N2O5S/c1-3-30-23-12-8-7-9-19(23)17-25-24(27)18-26(32(2,28)29)20-13-15-22(16-14-20)31-21-10-5-4-6-11-21/h4-16H,3,17-18H2,1-2H3,(H,25,27). The Hall–Kier alpha value is -3.52. The van der Waals surface area contributed by atoms with E-state index in [9.17, 15) is 13.2 Å². The van der Waals surface area contributed by atoms with E-state index in [-0.39, 0.29) is 13.1 Å². The minimum atomic E-state index is -3.68. The molecule has 0 bridgehead atoms. The molecular weight excluding hydrogens is 428 g/mol. The van der Waals surface area contributed by atoms with Crippen LogP contribution in [-0.4, -0.2) is 33.7 Å². The molecule has 0 saturated carbocycles. The molecule has 0 saturated heterocycles. The maximum atomic E-state index is 12.5. The summed E-state index contributed by atoms with van der Waals surface area (Å²) in [6.45, 7) is 2.29. The Labute approximate surface area is 188 Å². The van der Waals surface area contributed by atoms with Gasteiger partial charge in [-0.05, 0) is 49.4 Å². The molecule has 0 heterocycles. The lowest BCUT2D eigenvalue weighted by Gasteiger charge is -2.22. The lowest BCUT2D eigenvalue weighted by molar-refractivity contribution is -0.119. The fraction of sp³-hybridized carbons (Fsp3) is 0.208. The van der Waals surface area contributed by atoms with Gasteiger partial charge in [0.1, 0.15) is 23.8 Å². The van der Waals surface area contributed by atoms with Crippen LogP contribution in [0, 0.1) is 0 Å². The molecule has 8 heteroatoms. The molecular formula is C24H26N2O5S. The molecule has 3 rings (SSSR count). The van der Waals surface area contributed by atoms with Crippen molar-refractivity contribution in [2.24, 2.45) is 0 Å². The molecule has 3 aromatic rings. The molecule has 0 aromatic heterocycles. The van der Waals surface area contributed by atoms with Crippen LogP contribution in [0.3, 0.4) is 0 Å². The summed E-state index contributed by atoms with van der Waals surface area (Å²) < 4.78 is 37.1. The van der Waals surface area contributed by atoms with Gasteiger partial charge in [0, 0.05) is 12.1 Å². The fourth-order valence-corrected chi connectivity index (χ4v) is 3.89. The highest BCUT2D eigenvalue weighted by Crippen LogP contribution is 2.25. The third-order valence-electron chi connectivity index (χ3n) is 4.54. The number of para-hydroxylation sites is 2. The third kappa shape index (κ3) is 6.49. The number of amides is 1. The van der Waals surface area contributed by atoms with Gasteiger partial charge in [-0.25, -0.2) is 8.42 Å². The van der Waals surface area contributed by atoms with Gasteiger partial charge in [0.05, 0.1) is 18.6 Å². The summed E-state index contributed by atoms with van der Waals surface area (Å²) in [5.74, 6) is 1.49. The van der Waals surface area contributed by atoms with E-state index < -0.39 is 15.9 Å². The smallest absolute Gasteiger partial charge is 0.241 e. The second-order valence-electron chi connectivity index (χ2n) is 7.00. The van der Waals surface area contributed by atoms with Gasteiger partial charge < -0.3 is 14.8 Å². The molecule has 32 heavy (non-hydrogen) atoms. The van der Waals surface area contributed by atoms with E-state index in [2.05, 4.69) is 5.32 Å². The first kappa shape index (κ1) is 23.1. The van der Waals surface area contributed by atoms with E-state index in [1.807, 2.05) is 61.5 Å².